The van der Waals surface area contributed by atoms with Gasteiger partial charge in [-0.3, -0.25) is 0 Å². The summed E-state index contributed by atoms with van der Waals surface area (Å²) in [7, 11) is 0. The topological polar surface area (TPSA) is 0 Å². The molecule has 0 saturated heterocycles. The number of rotatable bonds is 8. The summed E-state index contributed by atoms with van der Waals surface area (Å²) in [5.41, 5.74) is 1.59. The Balaban J connectivity index is 1.79. The highest BCUT2D eigenvalue weighted by Gasteiger charge is 2.18. The third-order valence-corrected chi connectivity index (χ3v) is 5.62. The lowest BCUT2D eigenvalue weighted by molar-refractivity contribution is 0.291. The molecular formula is C25H35F. The van der Waals surface area contributed by atoms with E-state index in [-0.39, 0.29) is 5.82 Å². The van der Waals surface area contributed by atoms with Gasteiger partial charge in [-0.25, -0.2) is 4.39 Å². The van der Waals surface area contributed by atoms with Crippen molar-refractivity contribution >= 4 is 0 Å². The average molecular weight is 355 g/mol. The van der Waals surface area contributed by atoms with Crippen LogP contribution in [-0.4, -0.2) is 0 Å². The molecule has 0 aliphatic heterocycles. The van der Waals surface area contributed by atoms with Crippen LogP contribution in [0.3, 0.4) is 0 Å². The monoisotopic (exact) mass is 354 g/mol. The summed E-state index contributed by atoms with van der Waals surface area (Å²) in [4.78, 5) is 0. The van der Waals surface area contributed by atoms with Crippen molar-refractivity contribution < 1.29 is 4.39 Å². The third-order valence-electron chi connectivity index (χ3n) is 5.62. The molecule has 1 aromatic rings. The fraction of sp³-hybridized carbons (Fsp3) is 0.600. The number of hydrogen-bond acceptors (Lipinski definition) is 0. The third kappa shape index (κ3) is 7.36. The van der Waals surface area contributed by atoms with Crippen molar-refractivity contribution in [1.29, 1.82) is 0 Å². The molecule has 0 spiro atoms. The lowest BCUT2D eigenvalue weighted by Gasteiger charge is -2.26. The molecule has 0 unspecified atom stereocenters. The summed E-state index contributed by atoms with van der Waals surface area (Å²) in [5, 5.41) is 0. The fourth-order valence-electron chi connectivity index (χ4n) is 3.86. The molecule has 0 amide bonds. The summed E-state index contributed by atoms with van der Waals surface area (Å²) in [6.45, 7) is 4.46. The summed E-state index contributed by atoms with van der Waals surface area (Å²) in [6.07, 6.45) is 18.0. The van der Waals surface area contributed by atoms with Gasteiger partial charge in [0.1, 0.15) is 5.82 Å². The first-order valence-electron chi connectivity index (χ1n) is 10.7. The van der Waals surface area contributed by atoms with E-state index >= 15 is 0 Å². The van der Waals surface area contributed by atoms with Gasteiger partial charge in [0.25, 0.3) is 0 Å². The second-order valence-corrected chi connectivity index (χ2v) is 7.82. The Hall–Kier alpha value is -1.55. The molecule has 0 N–H and O–H groups in total. The highest BCUT2D eigenvalue weighted by molar-refractivity contribution is 5.39. The second kappa shape index (κ2) is 11.9. The van der Waals surface area contributed by atoms with E-state index in [4.69, 9.17) is 0 Å². The SMILES string of the molecule is CCCCCc1ccc(C#CC=C[C@H]2CC[C@H](CCCC)CC2)c(F)c1. The van der Waals surface area contributed by atoms with Crippen LogP contribution >= 0.6 is 0 Å². The molecule has 142 valence electrons. The van der Waals surface area contributed by atoms with Crippen molar-refractivity contribution in [2.75, 3.05) is 0 Å². The highest BCUT2D eigenvalue weighted by Crippen LogP contribution is 2.32. The van der Waals surface area contributed by atoms with E-state index in [0.717, 1.165) is 24.3 Å². The van der Waals surface area contributed by atoms with Crippen LogP contribution in [-0.2, 0) is 6.42 Å². The van der Waals surface area contributed by atoms with Crippen LogP contribution in [0.25, 0.3) is 0 Å². The molecule has 1 aliphatic carbocycles. The normalized spacial score (nSPS) is 20.1. The van der Waals surface area contributed by atoms with Crippen LogP contribution < -0.4 is 0 Å². The summed E-state index contributed by atoms with van der Waals surface area (Å²) in [5.74, 6) is 7.42. The van der Waals surface area contributed by atoms with Gasteiger partial charge < -0.3 is 0 Å². The predicted molar refractivity (Wildman–Crippen MR) is 111 cm³/mol. The van der Waals surface area contributed by atoms with Crippen molar-refractivity contribution in [2.45, 2.75) is 84.5 Å². The first-order valence-corrected chi connectivity index (χ1v) is 10.7. The molecule has 1 aromatic carbocycles. The van der Waals surface area contributed by atoms with Crippen molar-refractivity contribution in [1.82, 2.24) is 0 Å². The lowest BCUT2D eigenvalue weighted by atomic mass is 9.80. The molecule has 0 radical (unpaired) electrons. The van der Waals surface area contributed by atoms with Crippen LogP contribution in [0, 0.1) is 29.5 Å². The highest BCUT2D eigenvalue weighted by atomic mass is 19.1. The maximum Gasteiger partial charge on any atom is 0.139 e. The molecule has 1 aliphatic rings. The van der Waals surface area contributed by atoms with Gasteiger partial charge in [-0.2, -0.15) is 0 Å². The van der Waals surface area contributed by atoms with E-state index in [1.807, 2.05) is 18.2 Å². The minimum Gasteiger partial charge on any atom is -0.206 e. The van der Waals surface area contributed by atoms with Gasteiger partial charge in [0.2, 0.25) is 0 Å². The zero-order chi connectivity index (χ0) is 18.6. The van der Waals surface area contributed by atoms with E-state index in [1.54, 1.807) is 6.07 Å². The minimum absolute atomic E-state index is 0.184. The molecule has 1 fully saturated rings. The molecule has 26 heavy (non-hydrogen) atoms. The summed E-state index contributed by atoms with van der Waals surface area (Å²) < 4.78 is 14.2. The molecule has 0 heterocycles. The van der Waals surface area contributed by atoms with Gasteiger partial charge in [0, 0.05) is 0 Å². The average Bonchev–Trinajstić information content (AvgIpc) is 2.66. The first-order chi connectivity index (χ1) is 12.7. The van der Waals surface area contributed by atoms with Gasteiger partial charge in [-0.05, 0) is 74.1 Å². The van der Waals surface area contributed by atoms with E-state index in [1.165, 1.54) is 57.8 Å². The first kappa shape index (κ1) is 20.8. The molecule has 0 bridgehead atoms. The molecule has 1 heteroatoms. The van der Waals surface area contributed by atoms with Gasteiger partial charge in [0.05, 0.1) is 5.56 Å². The maximum absolute atomic E-state index is 14.2. The van der Waals surface area contributed by atoms with Crippen molar-refractivity contribution in [3.63, 3.8) is 0 Å². The standard InChI is InChI=1S/C25H35F/c1-3-5-7-12-23-18-19-24(25(26)20-23)13-9-8-11-22-16-14-21(15-17-22)10-6-4-2/h8,11,18-22H,3-7,10,12,14-17H2,1-2H3/t21-,22-. The van der Waals surface area contributed by atoms with Gasteiger partial charge in [-0.1, -0.05) is 69.9 Å². The Morgan fingerprint density at radius 1 is 1.04 bits per heavy atom. The summed E-state index contributed by atoms with van der Waals surface area (Å²) >= 11 is 0. The van der Waals surface area contributed by atoms with Crippen molar-refractivity contribution in [2.24, 2.45) is 11.8 Å². The lowest BCUT2D eigenvalue weighted by Crippen LogP contribution is -2.12. The minimum atomic E-state index is -0.184. The quantitative estimate of drug-likeness (QED) is 0.335. The fourth-order valence-corrected chi connectivity index (χ4v) is 3.86. The van der Waals surface area contributed by atoms with Gasteiger partial charge in [0.15, 0.2) is 0 Å². The Kier molecular flexibility index (Phi) is 9.54. The van der Waals surface area contributed by atoms with Crippen molar-refractivity contribution in [3.05, 3.63) is 47.3 Å². The van der Waals surface area contributed by atoms with E-state index in [9.17, 15) is 4.39 Å². The number of benzene rings is 1. The Bertz CT molecular complexity index is 609. The predicted octanol–water partition coefficient (Wildman–Crippen LogP) is 7.46. The largest absolute Gasteiger partial charge is 0.206 e. The Morgan fingerprint density at radius 2 is 1.81 bits per heavy atom. The van der Waals surface area contributed by atoms with Crippen LogP contribution in [0.15, 0.2) is 30.4 Å². The molecule has 0 atom stereocenters. The zero-order valence-electron chi connectivity index (χ0n) is 16.7. The second-order valence-electron chi connectivity index (χ2n) is 7.82. The maximum atomic E-state index is 14.2. The number of allylic oxidation sites excluding steroid dienone is 2. The molecule has 0 nitrogen and oxygen atoms in total. The molecule has 2 rings (SSSR count). The van der Waals surface area contributed by atoms with Gasteiger partial charge >= 0.3 is 0 Å². The molecule has 0 aromatic heterocycles. The van der Waals surface area contributed by atoms with Crippen LogP contribution in [0.5, 0.6) is 0 Å². The smallest absolute Gasteiger partial charge is 0.139 e. The van der Waals surface area contributed by atoms with E-state index in [2.05, 4.69) is 31.8 Å². The molecular weight excluding hydrogens is 319 g/mol. The summed E-state index contributed by atoms with van der Waals surface area (Å²) in [6, 6.07) is 5.50. The molecule has 1 saturated carbocycles. The van der Waals surface area contributed by atoms with E-state index in [0.29, 0.717) is 11.5 Å². The Labute approximate surface area is 160 Å². The Morgan fingerprint density at radius 3 is 2.50 bits per heavy atom. The zero-order valence-corrected chi connectivity index (χ0v) is 16.7. The number of halogens is 1. The van der Waals surface area contributed by atoms with Crippen LogP contribution in [0.1, 0.15) is 89.2 Å². The van der Waals surface area contributed by atoms with Crippen LogP contribution in [0.2, 0.25) is 0 Å². The number of hydrogen-bond donors (Lipinski definition) is 0. The van der Waals surface area contributed by atoms with Crippen LogP contribution in [0.4, 0.5) is 4.39 Å². The van der Waals surface area contributed by atoms with Gasteiger partial charge in [-0.15, -0.1) is 0 Å². The number of aryl methyl sites for hydroxylation is 1. The van der Waals surface area contributed by atoms with E-state index < -0.39 is 0 Å². The van der Waals surface area contributed by atoms with Crippen molar-refractivity contribution in [3.8, 4) is 11.8 Å². The number of unbranched alkanes of at least 4 members (excludes halogenated alkanes) is 3.